The highest BCUT2D eigenvalue weighted by atomic mass is 16.5. The Balaban J connectivity index is 2.52. The molecule has 0 saturated heterocycles. The SMILES string of the molecule is Cc1cc(C)cc(OCC(=O)N(C)CC(C)O)c1. The number of aliphatic hydroxyl groups excluding tert-OH is 1. The van der Waals surface area contributed by atoms with Gasteiger partial charge in [-0.2, -0.15) is 0 Å². The predicted molar refractivity (Wildman–Crippen MR) is 70.7 cm³/mol. The van der Waals surface area contributed by atoms with Gasteiger partial charge in [-0.1, -0.05) is 6.07 Å². The van der Waals surface area contributed by atoms with Gasteiger partial charge in [-0.15, -0.1) is 0 Å². The van der Waals surface area contributed by atoms with Crippen molar-refractivity contribution in [2.24, 2.45) is 0 Å². The summed E-state index contributed by atoms with van der Waals surface area (Å²) in [7, 11) is 1.65. The molecule has 4 heteroatoms. The molecular weight excluding hydrogens is 230 g/mol. The molecule has 1 N–H and O–H groups in total. The number of likely N-dealkylation sites (N-methyl/N-ethyl adjacent to an activating group) is 1. The molecule has 4 nitrogen and oxygen atoms in total. The maximum atomic E-state index is 11.7. The summed E-state index contributed by atoms with van der Waals surface area (Å²) in [4.78, 5) is 13.2. The van der Waals surface area contributed by atoms with Gasteiger partial charge in [0.25, 0.3) is 5.91 Å². The van der Waals surface area contributed by atoms with Crippen LogP contribution in [0.1, 0.15) is 18.1 Å². The second kappa shape index (κ2) is 6.40. The van der Waals surface area contributed by atoms with E-state index in [0.717, 1.165) is 11.1 Å². The van der Waals surface area contributed by atoms with E-state index in [2.05, 4.69) is 0 Å². The number of aliphatic hydroxyl groups is 1. The minimum atomic E-state index is -0.528. The molecule has 0 saturated carbocycles. The van der Waals surface area contributed by atoms with Crippen molar-refractivity contribution in [1.82, 2.24) is 4.90 Å². The molecule has 100 valence electrons. The lowest BCUT2D eigenvalue weighted by Crippen LogP contribution is -2.36. The first-order valence-corrected chi connectivity index (χ1v) is 6.01. The Morgan fingerprint density at radius 2 is 1.89 bits per heavy atom. The van der Waals surface area contributed by atoms with Crippen LogP contribution in [-0.4, -0.2) is 42.2 Å². The maximum absolute atomic E-state index is 11.7. The van der Waals surface area contributed by atoms with Crippen LogP contribution in [0.25, 0.3) is 0 Å². The van der Waals surface area contributed by atoms with Crippen LogP contribution in [0.4, 0.5) is 0 Å². The predicted octanol–water partition coefficient (Wildman–Crippen LogP) is 1.52. The first-order chi connectivity index (χ1) is 8.38. The monoisotopic (exact) mass is 251 g/mol. The molecule has 0 bridgehead atoms. The van der Waals surface area contributed by atoms with E-state index in [0.29, 0.717) is 12.3 Å². The largest absolute Gasteiger partial charge is 0.484 e. The van der Waals surface area contributed by atoms with Crippen LogP contribution in [-0.2, 0) is 4.79 Å². The van der Waals surface area contributed by atoms with Crippen LogP contribution < -0.4 is 4.74 Å². The van der Waals surface area contributed by atoms with Crippen LogP contribution in [0.2, 0.25) is 0 Å². The Morgan fingerprint density at radius 3 is 2.39 bits per heavy atom. The zero-order valence-electron chi connectivity index (χ0n) is 11.4. The Morgan fingerprint density at radius 1 is 1.33 bits per heavy atom. The second-order valence-electron chi connectivity index (χ2n) is 4.74. The van der Waals surface area contributed by atoms with Gasteiger partial charge < -0.3 is 14.7 Å². The molecule has 0 spiro atoms. The summed E-state index contributed by atoms with van der Waals surface area (Å²) in [5.74, 6) is 0.557. The van der Waals surface area contributed by atoms with Gasteiger partial charge in [0.15, 0.2) is 6.61 Å². The third kappa shape index (κ3) is 4.75. The molecule has 1 aromatic rings. The van der Waals surface area contributed by atoms with Crippen molar-refractivity contribution in [1.29, 1.82) is 0 Å². The first kappa shape index (κ1) is 14.5. The highest BCUT2D eigenvalue weighted by molar-refractivity contribution is 5.77. The number of amides is 1. The Bertz CT molecular complexity index is 395. The minimum Gasteiger partial charge on any atom is -0.484 e. The van der Waals surface area contributed by atoms with Gasteiger partial charge in [-0.25, -0.2) is 0 Å². The summed E-state index contributed by atoms with van der Waals surface area (Å²) < 4.78 is 5.46. The normalized spacial score (nSPS) is 12.1. The fourth-order valence-corrected chi connectivity index (χ4v) is 1.77. The van der Waals surface area contributed by atoms with Crippen LogP contribution in [0.15, 0.2) is 18.2 Å². The molecule has 18 heavy (non-hydrogen) atoms. The highest BCUT2D eigenvalue weighted by Crippen LogP contribution is 2.16. The number of ether oxygens (including phenoxy) is 1. The molecule has 0 aromatic heterocycles. The number of hydrogen-bond donors (Lipinski definition) is 1. The van der Waals surface area contributed by atoms with Gasteiger partial charge in [-0.05, 0) is 44.0 Å². The van der Waals surface area contributed by atoms with Crippen molar-refractivity contribution >= 4 is 5.91 Å². The van der Waals surface area contributed by atoms with E-state index in [1.807, 2.05) is 32.0 Å². The molecule has 0 aliphatic rings. The molecule has 1 atom stereocenters. The number of nitrogens with zero attached hydrogens (tertiary/aromatic N) is 1. The lowest BCUT2D eigenvalue weighted by molar-refractivity contribution is -0.133. The molecule has 0 fully saturated rings. The van der Waals surface area contributed by atoms with E-state index in [-0.39, 0.29) is 12.5 Å². The highest BCUT2D eigenvalue weighted by Gasteiger charge is 2.11. The lowest BCUT2D eigenvalue weighted by Gasteiger charge is -2.19. The second-order valence-corrected chi connectivity index (χ2v) is 4.74. The zero-order valence-corrected chi connectivity index (χ0v) is 11.4. The van der Waals surface area contributed by atoms with Crippen LogP contribution in [0.3, 0.4) is 0 Å². The van der Waals surface area contributed by atoms with E-state index in [9.17, 15) is 9.90 Å². The molecule has 0 radical (unpaired) electrons. The van der Waals surface area contributed by atoms with Crippen LogP contribution in [0.5, 0.6) is 5.75 Å². The van der Waals surface area contributed by atoms with Crippen molar-refractivity contribution in [2.75, 3.05) is 20.2 Å². The molecule has 1 unspecified atom stereocenters. The topological polar surface area (TPSA) is 49.8 Å². The van der Waals surface area contributed by atoms with Gasteiger partial charge in [-0.3, -0.25) is 4.79 Å². The number of benzene rings is 1. The number of rotatable bonds is 5. The van der Waals surface area contributed by atoms with Gasteiger partial charge in [0, 0.05) is 13.6 Å². The third-order valence-electron chi connectivity index (χ3n) is 2.52. The molecule has 0 aliphatic heterocycles. The van der Waals surface area contributed by atoms with E-state index in [1.54, 1.807) is 14.0 Å². The van der Waals surface area contributed by atoms with Gasteiger partial charge >= 0.3 is 0 Å². The first-order valence-electron chi connectivity index (χ1n) is 6.01. The summed E-state index contributed by atoms with van der Waals surface area (Å²) in [6.07, 6.45) is -0.528. The number of hydrogen-bond acceptors (Lipinski definition) is 3. The van der Waals surface area contributed by atoms with E-state index in [4.69, 9.17) is 4.74 Å². The van der Waals surface area contributed by atoms with Crippen molar-refractivity contribution in [3.8, 4) is 5.75 Å². The van der Waals surface area contributed by atoms with Crippen LogP contribution in [0, 0.1) is 13.8 Å². The third-order valence-corrected chi connectivity index (χ3v) is 2.52. The van der Waals surface area contributed by atoms with Gasteiger partial charge in [0.2, 0.25) is 0 Å². The van der Waals surface area contributed by atoms with Crippen molar-refractivity contribution in [3.63, 3.8) is 0 Å². The fourth-order valence-electron chi connectivity index (χ4n) is 1.77. The van der Waals surface area contributed by atoms with Crippen molar-refractivity contribution in [2.45, 2.75) is 26.9 Å². The van der Waals surface area contributed by atoms with E-state index in [1.165, 1.54) is 4.90 Å². The number of carbonyl (C=O) groups is 1. The van der Waals surface area contributed by atoms with E-state index >= 15 is 0 Å². The fraction of sp³-hybridized carbons (Fsp3) is 0.500. The lowest BCUT2D eigenvalue weighted by atomic mass is 10.1. The van der Waals surface area contributed by atoms with Gasteiger partial charge in [0.05, 0.1) is 6.10 Å². The summed E-state index contributed by atoms with van der Waals surface area (Å²) >= 11 is 0. The molecule has 0 heterocycles. The molecular formula is C14H21NO3. The van der Waals surface area contributed by atoms with Crippen molar-refractivity contribution < 1.29 is 14.6 Å². The standard InChI is InChI=1S/C14H21NO3/c1-10-5-11(2)7-13(6-10)18-9-14(17)15(4)8-12(3)16/h5-7,12,16H,8-9H2,1-4H3. The Labute approximate surface area is 108 Å². The smallest absolute Gasteiger partial charge is 0.260 e. The zero-order chi connectivity index (χ0) is 13.7. The summed E-state index contributed by atoms with van der Waals surface area (Å²) in [5.41, 5.74) is 2.21. The minimum absolute atomic E-state index is 0.00782. The number of carbonyl (C=O) groups excluding carboxylic acids is 1. The Kier molecular flexibility index (Phi) is 5.16. The molecule has 1 amide bonds. The Hall–Kier alpha value is -1.55. The summed E-state index contributed by atoms with van der Waals surface area (Å²) in [5, 5.41) is 9.20. The molecule has 1 aromatic carbocycles. The van der Waals surface area contributed by atoms with Gasteiger partial charge in [0.1, 0.15) is 5.75 Å². The molecule has 0 aliphatic carbocycles. The average molecular weight is 251 g/mol. The van der Waals surface area contributed by atoms with Crippen LogP contribution >= 0.6 is 0 Å². The average Bonchev–Trinajstić information content (AvgIpc) is 2.23. The maximum Gasteiger partial charge on any atom is 0.260 e. The number of aryl methyl sites for hydroxylation is 2. The van der Waals surface area contributed by atoms with E-state index < -0.39 is 6.10 Å². The summed E-state index contributed by atoms with van der Waals surface area (Å²) in [6.45, 7) is 5.93. The summed E-state index contributed by atoms with van der Waals surface area (Å²) in [6, 6.07) is 5.85. The quantitative estimate of drug-likeness (QED) is 0.863. The molecule has 1 rings (SSSR count). The van der Waals surface area contributed by atoms with Crippen molar-refractivity contribution in [3.05, 3.63) is 29.3 Å².